The number of fused-ring (bicyclic) bond motifs is 4. The average molecular weight is 522 g/mol. The number of nitrogen functional groups attached to an aromatic ring is 1. The van der Waals surface area contributed by atoms with Gasteiger partial charge in [-0.25, -0.2) is 0 Å². The molecule has 4 N–H and O–H groups in total. The van der Waals surface area contributed by atoms with Crippen LogP contribution >= 0.6 is 11.3 Å². The van der Waals surface area contributed by atoms with E-state index in [0.29, 0.717) is 6.54 Å². The highest BCUT2D eigenvalue weighted by Crippen LogP contribution is 2.38. The molecule has 0 radical (unpaired) electrons. The molecular formula is C35H27N3S. The molecule has 0 aliphatic rings. The van der Waals surface area contributed by atoms with Gasteiger partial charge < -0.3 is 16.0 Å². The minimum absolute atomic E-state index is 0.497. The van der Waals surface area contributed by atoms with Crippen molar-refractivity contribution in [3.8, 4) is 16.8 Å². The second-order valence-corrected chi connectivity index (χ2v) is 10.8. The Morgan fingerprint density at radius 1 is 0.641 bits per heavy atom. The van der Waals surface area contributed by atoms with Gasteiger partial charge in [0.25, 0.3) is 0 Å². The van der Waals surface area contributed by atoms with Crippen molar-refractivity contribution in [3.63, 3.8) is 0 Å². The highest BCUT2D eigenvalue weighted by atomic mass is 32.1. The third kappa shape index (κ3) is 3.93. The van der Waals surface area contributed by atoms with Crippen molar-refractivity contribution in [3.05, 3.63) is 131 Å². The fourth-order valence-electron chi connectivity index (χ4n) is 5.63. The topological polar surface area (TPSA) is 57.0 Å². The number of hydrogen-bond acceptors (Lipinski definition) is 3. The van der Waals surface area contributed by atoms with Crippen LogP contribution < -0.4 is 11.5 Å². The predicted octanol–water partition coefficient (Wildman–Crippen LogP) is 8.88. The zero-order chi connectivity index (χ0) is 26.3. The lowest BCUT2D eigenvalue weighted by molar-refractivity contribution is 1.10. The average Bonchev–Trinajstić information content (AvgIpc) is 3.51. The van der Waals surface area contributed by atoms with Crippen LogP contribution in [0, 0.1) is 0 Å². The molecule has 5 aromatic carbocycles. The molecule has 0 aliphatic heterocycles. The molecular weight excluding hydrogens is 494 g/mol. The molecule has 2 aromatic heterocycles. The summed E-state index contributed by atoms with van der Waals surface area (Å²) < 4.78 is 3.60. The first kappa shape index (κ1) is 23.5. The Labute approximate surface area is 231 Å². The molecule has 0 saturated carbocycles. The Balaban J connectivity index is 1.40. The van der Waals surface area contributed by atoms with Crippen LogP contribution in [0.5, 0.6) is 0 Å². The first-order valence-electron chi connectivity index (χ1n) is 13.1. The van der Waals surface area contributed by atoms with Gasteiger partial charge in [-0.05, 0) is 53.1 Å². The maximum Gasteiger partial charge on any atom is 0.0541 e. The zero-order valence-corrected chi connectivity index (χ0v) is 22.2. The molecule has 0 fully saturated rings. The molecule has 0 unspecified atom stereocenters. The first-order valence-corrected chi connectivity index (χ1v) is 13.9. The van der Waals surface area contributed by atoms with E-state index >= 15 is 0 Å². The highest BCUT2D eigenvalue weighted by Gasteiger charge is 2.15. The molecule has 0 atom stereocenters. The van der Waals surface area contributed by atoms with Gasteiger partial charge in [-0.3, -0.25) is 0 Å². The SMILES string of the molecule is NCc1sc2ccc(-n3c4ccccc4c4ccccc43)cc2c1C=Cc1ccccc1-c1ccccc1N. The molecule has 0 aliphatic carbocycles. The van der Waals surface area contributed by atoms with Crippen LogP contribution in [0.2, 0.25) is 0 Å². The van der Waals surface area contributed by atoms with Crippen molar-refractivity contribution in [1.82, 2.24) is 4.57 Å². The minimum Gasteiger partial charge on any atom is -0.398 e. The van der Waals surface area contributed by atoms with Crippen LogP contribution in [0.25, 0.3) is 60.9 Å². The number of anilines is 1. The number of thiophene rings is 1. The summed E-state index contributed by atoms with van der Waals surface area (Å²) >= 11 is 1.77. The van der Waals surface area contributed by atoms with Crippen LogP contribution in [0.15, 0.2) is 115 Å². The molecule has 188 valence electrons. The summed E-state index contributed by atoms with van der Waals surface area (Å²) in [6.45, 7) is 0.497. The Morgan fingerprint density at radius 2 is 1.28 bits per heavy atom. The fraction of sp³-hybridized carbons (Fsp3) is 0.0286. The maximum atomic E-state index is 6.33. The van der Waals surface area contributed by atoms with E-state index < -0.39 is 0 Å². The number of para-hydroxylation sites is 3. The third-order valence-corrected chi connectivity index (χ3v) is 8.66. The molecule has 2 heterocycles. The number of nitrogens with two attached hydrogens (primary N) is 2. The predicted molar refractivity (Wildman–Crippen MR) is 169 cm³/mol. The molecule has 7 aromatic rings. The van der Waals surface area contributed by atoms with E-state index in [0.717, 1.165) is 28.1 Å². The van der Waals surface area contributed by atoms with Gasteiger partial charge in [-0.2, -0.15) is 0 Å². The van der Waals surface area contributed by atoms with Crippen LogP contribution in [0.1, 0.15) is 16.0 Å². The quantitative estimate of drug-likeness (QED) is 0.222. The molecule has 0 amide bonds. The largest absolute Gasteiger partial charge is 0.398 e. The van der Waals surface area contributed by atoms with E-state index in [9.17, 15) is 0 Å². The van der Waals surface area contributed by atoms with Crippen molar-refractivity contribution in [1.29, 1.82) is 0 Å². The lowest BCUT2D eigenvalue weighted by Crippen LogP contribution is -1.95. The normalized spacial score (nSPS) is 11.8. The second-order valence-electron chi connectivity index (χ2n) is 9.70. The van der Waals surface area contributed by atoms with Crippen LogP contribution in [0.3, 0.4) is 0 Å². The van der Waals surface area contributed by atoms with E-state index in [2.05, 4.69) is 114 Å². The summed E-state index contributed by atoms with van der Waals surface area (Å²) in [5.74, 6) is 0. The number of benzene rings is 5. The number of aromatic nitrogens is 1. The van der Waals surface area contributed by atoms with Crippen molar-refractivity contribution < 1.29 is 0 Å². The van der Waals surface area contributed by atoms with E-state index in [1.807, 2.05) is 18.2 Å². The Kier molecular flexibility index (Phi) is 5.77. The van der Waals surface area contributed by atoms with Crippen molar-refractivity contribution in [2.24, 2.45) is 5.73 Å². The summed E-state index contributed by atoms with van der Waals surface area (Å²) in [4.78, 5) is 1.18. The van der Waals surface area contributed by atoms with Crippen LogP contribution in [-0.2, 0) is 6.54 Å². The molecule has 4 heteroatoms. The molecule has 0 saturated heterocycles. The summed E-state index contributed by atoms with van der Waals surface area (Å²) in [6, 6.07) is 40.4. The van der Waals surface area contributed by atoms with Gasteiger partial charge in [0.15, 0.2) is 0 Å². The van der Waals surface area contributed by atoms with E-state index in [1.54, 1.807) is 11.3 Å². The summed E-state index contributed by atoms with van der Waals surface area (Å²) in [5.41, 5.74) is 21.4. The summed E-state index contributed by atoms with van der Waals surface area (Å²) in [6.07, 6.45) is 4.41. The summed E-state index contributed by atoms with van der Waals surface area (Å²) in [5, 5.41) is 3.74. The minimum atomic E-state index is 0.497. The number of nitrogens with zero attached hydrogens (tertiary/aromatic N) is 1. The molecule has 0 bridgehead atoms. The van der Waals surface area contributed by atoms with Crippen LogP contribution in [0.4, 0.5) is 5.69 Å². The molecule has 3 nitrogen and oxygen atoms in total. The van der Waals surface area contributed by atoms with Gasteiger partial charge in [0.05, 0.1) is 11.0 Å². The van der Waals surface area contributed by atoms with Crippen LogP contribution in [-0.4, -0.2) is 4.57 Å². The molecule has 7 rings (SSSR count). The highest BCUT2D eigenvalue weighted by molar-refractivity contribution is 7.19. The molecule has 0 spiro atoms. The Hall–Kier alpha value is -4.64. The standard InChI is InChI=1S/C35H27N3S/c36-22-35-29(19-17-23-9-1-2-10-25(23)26-11-3-6-14-31(26)37)30-21-24(18-20-34(30)39-35)38-32-15-7-4-12-27(32)28-13-5-8-16-33(28)38/h1-21H,22,36-37H2. The van der Waals surface area contributed by atoms with Gasteiger partial charge in [-0.15, -0.1) is 11.3 Å². The van der Waals surface area contributed by atoms with Gasteiger partial charge in [-0.1, -0.05) is 91.0 Å². The maximum absolute atomic E-state index is 6.33. The fourth-order valence-corrected chi connectivity index (χ4v) is 6.68. The van der Waals surface area contributed by atoms with E-state index in [-0.39, 0.29) is 0 Å². The summed E-state index contributed by atoms with van der Waals surface area (Å²) in [7, 11) is 0. The zero-order valence-electron chi connectivity index (χ0n) is 21.3. The monoisotopic (exact) mass is 521 g/mol. The molecule has 39 heavy (non-hydrogen) atoms. The van der Waals surface area contributed by atoms with Gasteiger partial charge in [0.1, 0.15) is 0 Å². The lowest BCUT2D eigenvalue weighted by atomic mass is 9.97. The van der Waals surface area contributed by atoms with Gasteiger partial charge in [0.2, 0.25) is 0 Å². The Bertz CT molecular complexity index is 1970. The lowest BCUT2D eigenvalue weighted by Gasteiger charge is -2.10. The number of rotatable bonds is 5. The Morgan fingerprint density at radius 3 is 2.00 bits per heavy atom. The third-order valence-electron chi connectivity index (χ3n) is 7.45. The van der Waals surface area contributed by atoms with E-state index in [1.165, 1.54) is 42.3 Å². The van der Waals surface area contributed by atoms with E-state index in [4.69, 9.17) is 11.5 Å². The second kappa shape index (κ2) is 9.59. The van der Waals surface area contributed by atoms with Gasteiger partial charge in [0, 0.05) is 49.2 Å². The van der Waals surface area contributed by atoms with Gasteiger partial charge >= 0.3 is 0 Å². The van der Waals surface area contributed by atoms with Crippen molar-refractivity contribution in [2.45, 2.75) is 6.54 Å². The smallest absolute Gasteiger partial charge is 0.0541 e. The van der Waals surface area contributed by atoms with Crippen molar-refractivity contribution >= 4 is 61.1 Å². The first-order chi connectivity index (χ1) is 19.2. The van der Waals surface area contributed by atoms with Crippen molar-refractivity contribution in [2.75, 3.05) is 5.73 Å². The number of hydrogen-bond donors (Lipinski definition) is 2.